The molecule has 0 saturated carbocycles. The number of carbonyl (C=O) groups excluding carboxylic acids is 1. The maximum absolute atomic E-state index is 12.3. The predicted molar refractivity (Wildman–Crippen MR) is 96.7 cm³/mol. The first-order valence-electron chi connectivity index (χ1n) is 7.40. The smallest absolute Gasteiger partial charge is 0.321 e. The number of piperazine rings is 1. The zero-order valence-electron chi connectivity index (χ0n) is 12.7. The highest BCUT2D eigenvalue weighted by atomic mass is 32.1. The summed E-state index contributed by atoms with van der Waals surface area (Å²) in [5.74, 6) is 0.996. The minimum absolute atomic E-state index is 0.0749. The molecule has 3 aromatic heterocycles. The summed E-state index contributed by atoms with van der Waals surface area (Å²) in [5, 5.41) is 6.75. The second-order valence-electron chi connectivity index (χ2n) is 5.33. The standard InChI is InChI=1S/C14H15N7OS2/c15-13-18-11(10-12(19-13)24-8-16-10)20-2-4-21(5-3-20)14(22)17-9-1-6-23-7-9/h1,6-8H,2-5H2,(H,17,22)(H2,15,18,19). The maximum Gasteiger partial charge on any atom is 0.321 e. The Morgan fingerprint density at radius 2 is 2.08 bits per heavy atom. The number of hydrogen-bond donors (Lipinski definition) is 2. The Hall–Kier alpha value is -2.46. The molecule has 0 spiro atoms. The summed E-state index contributed by atoms with van der Waals surface area (Å²) in [6.07, 6.45) is 0. The number of aromatic nitrogens is 3. The number of fused-ring (bicyclic) bond motifs is 1. The van der Waals surface area contributed by atoms with E-state index in [2.05, 4.69) is 25.2 Å². The molecule has 0 bridgehead atoms. The van der Waals surface area contributed by atoms with E-state index in [0.29, 0.717) is 26.2 Å². The third-order valence-corrected chi connectivity index (χ3v) is 5.24. The van der Waals surface area contributed by atoms with Crippen LogP contribution in [0.3, 0.4) is 0 Å². The quantitative estimate of drug-likeness (QED) is 0.725. The highest BCUT2D eigenvalue weighted by molar-refractivity contribution is 7.16. The zero-order valence-corrected chi connectivity index (χ0v) is 14.3. The molecule has 2 amide bonds. The van der Waals surface area contributed by atoms with E-state index in [1.54, 1.807) is 21.7 Å². The van der Waals surface area contributed by atoms with Crippen LogP contribution in [0.1, 0.15) is 0 Å². The molecular formula is C14H15N7OS2. The molecule has 10 heteroatoms. The van der Waals surface area contributed by atoms with E-state index in [9.17, 15) is 4.79 Å². The van der Waals surface area contributed by atoms with Gasteiger partial charge < -0.3 is 20.9 Å². The molecule has 24 heavy (non-hydrogen) atoms. The lowest BCUT2D eigenvalue weighted by Crippen LogP contribution is -2.50. The van der Waals surface area contributed by atoms with E-state index in [0.717, 1.165) is 21.9 Å². The van der Waals surface area contributed by atoms with Crippen molar-refractivity contribution >= 4 is 56.5 Å². The van der Waals surface area contributed by atoms with Crippen LogP contribution in [0.4, 0.5) is 22.2 Å². The van der Waals surface area contributed by atoms with Crippen LogP contribution < -0.4 is 16.0 Å². The van der Waals surface area contributed by atoms with Crippen molar-refractivity contribution in [1.29, 1.82) is 0 Å². The number of nitrogens with two attached hydrogens (primary N) is 1. The minimum atomic E-state index is -0.0749. The minimum Gasteiger partial charge on any atom is -0.368 e. The second-order valence-corrected chi connectivity index (χ2v) is 6.94. The largest absolute Gasteiger partial charge is 0.368 e. The SMILES string of the molecule is Nc1nc(N2CCN(C(=O)Nc3ccsc3)CC2)c2ncsc2n1. The van der Waals surface area contributed by atoms with E-state index in [1.165, 1.54) is 11.3 Å². The highest BCUT2D eigenvalue weighted by Gasteiger charge is 2.24. The third-order valence-electron chi connectivity index (χ3n) is 3.84. The Morgan fingerprint density at radius 1 is 1.25 bits per heavy atom. The lowest BCUT2D eigenvalue weighted by molar-refractivity contribution is 0.208. The first-order chi connectivity index (χ1) is 11.7. The Labute approximate surface area is 145 Å². The first-order valence-corrected chi connectivity index (χ1v) is 9.23. The molecule has 1 aliphatic heterocycles. The Morgan fingerprint density at radius 3 is 2.83 bits per heavy atom. The first kappa shape index (κ1) is 15.1. The number of anilines is 3. The molecule has 1 fully saturated rings. The van der Waals surface area contributed by atoms with Crippen LogP contribution >= 0.6 is 22.7 Å². The second kappa shape index (κ2) is 6.21. The van der Waals surface area contributed by atoms with E-state index in [1.807, 2.05) is 16.8 Å². The average molecular weight is 361 g/mol. The van der Waals surface area contributed by atoms with Gasteiger partial charge in [-0.2, -0.15) is 16.3 Å². The fourth-order valence-electron chi connectivity index (χ4n) is 2.64. The number of nitrogens with one attached hydrogen (secondary N) is 1. The highest BCUT2D eigenvalue weighted by Crippen LogP contribution is 2.26. The number of rotatable bonds is 2. The summed E-state index contributed by atoms with van der Waals surface area (Å²) in [6.45, 7) is 2.59. The van der Waals surface area contributed by atoms with E-state index in [-0.39, 0.29) is 12.0 Å². The van der Waals surface area contributed by atoms with Crippen molar-refractivity contribution < 1.29 is 4.79 Å². The molecule has 4 rings (SSSR count). The molecule has 8 nitrogen and oxygen atoms in total. The predicted octanol–water partition coefficient (Wildman–Crippen LogP) is 2.08. The van der Waals surface area contributed by atoms with Gasteiger partial charge in [0, 0.05) is 31.6 Å². The van der Waals surface area contributed by atoms with Crippen molar-refractivity contribution in [2.24, 2.45) is 0 Å². The van der Waals surface area contributed by atoms with Crippen LogP contribution in [0.15, 0.2) is 22.3 Å². The van der Waals surface area contributed by atoms with Crippen molar-refractivity contribution in [3.05, 3.63) is 22.3 Å². The van der Waals surface area contributed by atoms with Gasteiger partial charge in [-0.1, -0.05) is 0 Å². The molecule has 0 aliphatic carbocycles. The lowest BCUT2D eigenvalue weighted by atomic mass is 10.3. The molecule has 0 radical (unpaired) electrons. The number of amides is 2. The van der Waals surface area contributed by atoms with Crippen LogP contribution in [-0.4, -0.2) is 52.1 Å². The van der Waals surface area contributed by atoms with Gasteiger partial charge in [0.05, 0.1) is 11.2 Å². The Balaban J connectivity index is 1.45. The molecule has 0 aromatic carbocycles. The topological polar surface area (TPSA) is 100 Å². The molecule has 3 N–H and O–H groups in total. The fraction of sp³-hybridized carbons (Fsp3) is 0.286. The van der Waals surface area contributed by atoms with Crippen molar-refractivity contribution in [2.45, 2.75) is 0 Å². The Bertz CT molecular complexity index is 855. The van der Waals surface area contributed by atoms with Crippen molar-refractivity contribution in [2.75, 3.05) is 42.1 Å². The molecule has 0 atom stereocenters. The summed E-state index contributed by atoms with van der Waals surface area (Å²) in [5.41, 5.74) is 9.14. The number of thiophene rings is 1. The van der Waals surface area contributed by atoms with Crippen LogP contribution in [0.25, 0.3) is 10.3 Å². The van der Waals surface area contributed by atoms with Gasteiger partial charge in [0.25, 0.3) is 0 Å². The number of carbonyl (C=O) groups is 1. The van der Waals surface area contributed by atoms with E-state index >= 15 is 0 Å². The van der Waals surface area contributed by atoms with Gasteiger partial charge in [-0.25, -0.2) is 14.8 Å². The van der Waals surface area contributed by atoms with Gasteiger partial charge in [-0.15, -0.1) is 11.3 Å². The number of nitrogens with zero attached hydrogens (tertiary/aromatic N) is 5. The average Bonchev–Trinajstić information content (AvgIpc) is 3.25. The molecule has 1 aliphatic rings. The molecule has 3 aromatic rings. The van der Waals surface area contributed by atoms with Gasteiger partial charge in [0.1, 0.15) is 5.52 Å². The fourth-order valence-corrected chi connectivity index (χ4v) is 3.89. The van der Waals surface area contributed by atoms with Crippen LogP contribution in [0.2, 0.25) is 0 Å². The van der Waals surface area contributed by atoms with Gasteiger partial charge in [0.2, 0.25) is 5.95 Å². The molecule has 0 unspecified atom stereocenters. The van der Waals surface area contributed by atoms with Crippen molar-refractivity contribution in [3.8, 4) is 0 Å². The summed E-state index contributed by atoms with van der Waals surface area (Å²) in [6, 6.07) is 1.82. The van der Waals surface area contributed by atoms with E-state index < -0.39 is 0 Å². The van der Waals surface area contributed by atoms with Crippen molar-refractivity contribution in [3.63, 3.8) is 0 Å². The number of urea groups is 1. The molecule has 124 valence electrons. The lowest BCUT2D eigenvalue weighted by Gasteiger charge is -2.35. The Kier molecular flexibility index (Phi) is 3.90. The molecular weight excluding hydrogens is 346 g/mol. The number of thiazole rings is 1. The summed E-state index contributed by atoms with van der Waals surface area (Å²) in [7, 11) is 0. The maximum atomic E-state index is 12.3. The van der Waals surface area contributed by atoms with Crippen molar-refractivity contribution in [1.82, 2.24) is 19.9 Å². The number of nitrogen functional groups attached to an aromatic ring is 1. The van der Waals surface area contributed by atoms with Crippen LogP contribution in [0.5, 0.6) is 0 Å². The zero-order chi connectivity index (χ0) is 16.5. The van der Waals surface area contributed by atoms with Crippen LogP contribution in [0, 0.1) is 0 Å². The number of hydrogen-bond acceptors (Lipinski definition) is 8. The monoisotopic (exact) mass is 361 g/mol. The van der Waals surface area contributed by atoms with Gasteiger partial charge in [-0.3, -0.25) is 0 Å². The van der Waals surface area contributed by atoms with Gasteiger partial charge >= 0.3 is 6.03 Å². The van der Waals surface area contributed by atoms with Crippen LogP contribution in [-0.2, 0) is 0 Å². The summed E-state index contributed by atoms with van der Waals surface area (Å²) in [4.78, 5) is 29.9. The van der Waals surface area contributed by atoms with E-state index in [4.69, 9.17) is 5.73 Å². The summed E-state index contributed by atoms with van der Waals surface area (Å²) < 4.78 is 0. The van der Waals surface area contributed by atoms with Gasteiger partial charge in [-0.05, 0) is 11.4 Å². The molecule has 4 heterocycles. The normalized spacial score (nSPS) is 15.0. The molecule has 1 saturated heterocycles. The summed E-state index contributed by atoms with van der Waals surface area (Å²) >= 11 is 3.00. The third kappa shape index (κ3) is 2.85. The van der Waals surface area contributed by atoms with Gasteiger partial charge in [0.15, 0.2) is 10.6 Å².